The molecule has 1 atom stereocenters. The van der Waals surface area contributed by atoms with Crippen LogP contribution in [-0.4, -0.2) is 33.5 Å². The predicted octanol–water partition coefficient (Wildman–Crippen LogP) is 2.22. The van der Waals surface area contributed by atoms with Crippen LogP contribution >= 0.6 is 0 Å². The van der Waals surface area contributed by atoms with E-state index in [1.165, 1.54) is 18.4 Å². The number of rotatable bonds is 4. The summed E-state index contributed by atoms with van der Waals surface area (Å²) in [5.74, 6) is 0. The number of hydrogen-bond donors (Lipinski definition) is 0. The molecule has 3 heterocycles. The third-order valence-electron chi connectivity index (χ3n) is 3.68. The van der Waals surface area contributed by atoms with Gasteiger partial charge in [-0.05, 0) is 31.0 Å². The van der Waals surface area contributed by atoms with Crippen molar-refractivity contribution < 1.29 is 4.74 Å². The van der Waals surface area contributed by atoms with Gasteiger partial charge in [-0.15, -0.1) is 0 Å². The van der Waals surface area contributed by atoms with E-state index in [1.807, 2.05) is 30.9 Å². The van der Waals surface area contributed by atoms with Gasteiger partial charge in [-0.2, -0.15) is 0 Å². The summed E-state index contributed by atoms with van der Waals surface area (Å²) in [7, 11) is 1.58. The van der Waals surface area contributed by atoms with Crippen molar-refractivity contribution >= 4 is 0 Å². The van der Waals surface area contributed by atoms with E-state index in [9.17, 15) is 0 Å². The van der Waals surface area contributed by atoms with Crippen LogP contribution in [0.4, 0.5) is 0 Å². The van der Waals surface area contributed by atoms with Crippen LogP contribution in [0.25, 0.3) is 0 Å². The summed E-state index contributed by atoms with van der Waals surface area (Å²) >= 11 is 0. The first-order valence-electron chi connectivity index (χ1n) is 6.85. The van der Waals surface area contributed by atoms with Gasteiger partial charge in [0.25, 0.3) is 0 Å². The first-order chi connectivity index (χ1) is 9.86. The smallest absolute Gasteiger partial charge is 0.316 e. The van der Waals surface area contributed by atoms with E-state index in [1.54, 1.807) is 7.11 Å². The van der Waals surface area contributed by atoms with Gasteiger partial charge in [0.05, 0.1) is 7.11 Å². The van der Waals surface area contributed by atoms with Gasteiger partial charge in [-0.3, -0.25) is 9.88 Å². The molecule has 2 aromatic heterocycles. The summed E-state index contributed by atoms with van der Waals surface area (Å²) in [4.78, 5) is 15.0. The molecule has 0 amide bonds. The minimum Gasteiger partial charge on any atom is -0.467 e. The third kappa shape index (κ3) is 2.77. The Morgan fingerprint density at radius 1 is 1.30 bits per heavy atom. The standard InChI is InChI=1S/C15H18N4O/c1-20-15-17-8-12(9-18-15)11-19-7-3-5-14(19)13-4-2-6-16-10-13/h2,4,6,8-10,14H,3,5,7,11H2,1H3. The van der Waals surface area contributed by atoms with Crippen LogP contribution in [0.5, 0.6) is 6.01 Å². The summed E-state index contributed by atoms with van der Waals surface area (Å²) in [5.41, 5.74) is 2.40. The van der Waals surface area contributed by atoms with E-state index in [0.29, 0.717) is 12.1 Å². The topological polar surface area (TPSA) is 51.1 Å². The van der Waals surface area contributed by atoms with Crippen molar-refractivity contribution in [2.24, 2.45) is 0 Å². The van der Waals surface area contributed by atoms with Gasteiger partial charge < -0.3 is 4.74 Å². The maximum absolute atomic E-state index is 4.99. The number of hydrogen-bond acceptors (Lipinski definition) is 5. The number of pyridine rings is 1. The molecule has 20 heavy (non-hydrogen) atoms. The molecule has 2 aromatic rings. The van der Waals surface area contributed by atoms with Crippen LogP contribution in [0.15, 0.2) is 36.9 Å². The maximum Gasteiger partial charge on any atom is 0.316 e. The molecule has 1 fully saturated rings. The molecule has 3 rings (SSSR count). The lowest BCUT2D eigenvalue weighted by Gasteiger charge is -2.24. The molecule has 0 aliphatic carbocycles. The summed E-state index contributed by atoms with van der Waals surface area (Å²) in [6, 6.07) is 5.02. The minimum atomic E-state index is 0.416. The highest BCUT2D eigenvalue weighted by Crippen LogP contribution is 2.32. The van der Waals surface area contributed by atoms with E-state index in [2.05, 4.69) is 25.9 Å². The molecule has 104 valence electrons. The van der Waals surface area contributed by atoms with E-state index >= 15 is 0 Å². The normalized spacial score (nSPS) is 19.1. The highest BCUT2D eigenvalue weighted by molar-refractivity contribution is 5.16. The van der Waals surface area contributed by atoms with Crippen molar-refractivity contribution in [2.45, 2.75) is 25.4 Å². The van der Waals surface area contributed by atoms with E-state index in [-0.39, 0.29) is 0 Å². The van der Waals surface area contributed by atoms with Crippen LogP contribution in [0.1, 0.15) is 30.0 Å². The van der Waals surface area contributed by atoms with Crippen LogP contribution in [0, 0.1) is 0 Å². The van der Waals surface area contributed by atoms with Gasteiger partial charge in [0.1, 0.15) is 0 Å². The zero-order valence-corrected chi connectivity index (χ0v) is 11.6. The van der Waals surface area contributed by atoms with Gasteiger partial charge >= 0.3 is 6.01 Å². The second-order valence-electron chi connectivity index (χ2n) is 4.99. The van der Waals surface area contributed by atoms with Crippen molar-refractivity contribution in [3.63, 3.8) is 0 Å². The molecule has 1 aliphatic heterocycles. The summed E-state index contributed by atoms with van der Waals surface area (Å²) < 4.78 is 4.99. The summed E-state index contributed by atoms with van der Waals surface area (Å²) in [5, 5.41) is 0. The molecule has 0 radical (unpaired) electrons. The maximum atomic E-state index is 4.99. The number of likely N-dealkylation sites (tertiary alicyclic amines) is 1. The monoisotopic (exact) mass is 270 g/mol. The fourth-order valence-electron chi connectivity index (χ4n) is 2.73. The van der Waals surface area contributed by atoms with Crippen LogP contribution in [0.2, 0.25) is 0 Å². The average molecular weight is 270 g/mol. The van der Waals surface area contributed by atoms with Crippen molar-refractivity contribution in [2.75, 3.05) is 13.7 Å². The Bertz CT molecular complexity index is 544. The van der Waals surface area contributed by atoms with E-state index < -0.39 is 0 Å². The number of ether oxygens (including phenoxy) is 1. The summed E-state index contributed by atoms with van der Waals surface area (Å²) in [6.45, 7) is 1.97. The number of aromatic nitrogens is 3. The molecule has 5 heteroatoms. The molecule has 0 bridgehead atoms. The first-order valence-corrected chi connectivity index (χ1v) is 6.85. The predicted molar refractivity (Wildman–Crippen MR) is 75.2 cm³/mol. The lowest BCUT2D eigenvalue weighted by atomic mass is 10.1. The van der Waals surface area contributed by atoms with Gasteiger partial charge in [-0.1, -0.05) is 6.07 Å². The van der Waals surface area contributed by atoms with E-state index in [0.717, 1.165) is 18.7 Å². The van der Waals surface area contributed by atoms with Crippen LogP contribution in [-0.2, 0) is 6.54 Å². The van der Waals surface area contributed by atoms with Crippen LogP contribution < -0.4 is 4.74 Å². The fourth-order valence-corrected chi connectivity index (χ4v) is 2.73. The Morgan fingerprint density at radius 2 is 2.15 bits per heavy atom. The Kier molecular flexibility index (Phi) is 3.87. The van der Waals surface area contributed by atoms with Gasteiger partial charge in [-0.25, -0.2) is 9.97 Å². The molecule has 1 aliphatic rings. The molecule has 0 saturated carbocycles. The third-order valence-corrected chi connectivity index (χ3v) is 3.68. The molecule has 0 aromatic carbocycles. The Labute approximate surface area is 118 Å². The molecule has 0 spiro atoms. The Balaban J connectivity index is 1.72. The highest BCUT2D eigenvalue weighted by Gasteiger charge is 2.26. The lowest BCUT2D eigenvalue weighted by molar-refractivity contribution is 0.247. The van der Waals surface area contributed by atoms with E-state index in [4.69, 9.17) is 4.74 Å². The van der Waals surface area contributed by atoms with Crippen molar-refractivity contribution in [1.29, 1.82) is 0 Å². The fraction of sp³-hybridized carbons (Fsp3) is 0.400. The Morgan fingerprint density at radius 3 is 2.85 bits per heavy atom. The molecule has 1 unspecified atom stereocenters. The highest BCUT2D eigenvalue weighted by atomic mass is 16.5. The average Bonchev–Trinajstić information content (AvgIpc) is 2.97. The Hall–Kier alpha value is -2.01. The number of methoxy groups -OCH3 is 1. The van der Waals surface area contributed by atoms with Crippen LogP contribution in [0.3, 0.4) is 0 Å². The quantitative estimate of drug-likeness (QED) is 0.852. The largest absolute Gasteiger partial charge is 0.467 e. The van der Waals surface area contributed by atoms with Crippen molar-refractivity contribution in [3.05, 3.63) is 48.0 Å². The van der Waals surface area contributed by atoms with Gasteiger partial charge in [0, 0.05) is 42.9 Å². The zero-order chi connectivity index (χ0) is 13.8. The lowest BCUT2D eigenvalue weighted by Crippen LogP contribution is -2.23. The summed E-state index contributed by atoms with van der Waals surface area (Å²) in [6.07, 6.45) is 9.86. The van der Waals surface area contributed by atoms with Crippen molar-refractivity contribution in [1.82, 2.24) is 19.9 Å². The zero-order valence-electron chi connectivity index (χ0n) is 11.6. The molecule has 1 saturated heterocycles. The molecule has 0 N–H and O–H groups in total. The van der Waals surface area contributed by atoms with Crippen molar-refractivity contribution in [3.8, 4) is 6.01 Å². The second kappa shape index (κ2) is 5.96. The first kappa shape index (κ1) is 13.0. The SMILES string of the molecule is COc1ncc(CN2CCCC2c2cccnc2)cn1. The minimum absolute atomic E-state index is 0.416. The van der Waals surface area contributed by atoms with Gasteiger partial charge in [0.15, 0.2) is 0 Å². The second-order valence-corrected chi connectivity index (χ2v) is 4.99. The van der Waals surface area contributed by atoms with Gasteiger partial charge in [0.2, 0.25) is 0 Å². The molecular weight excluding hydrogens is 252 g/mol. The molecular formula is C15H18N4O. The molecule has 5 nitrogen and oxygen atoms in total. The number of nitrogens with zero attached hydrogens (tertiary/aromatic N) is 4.